The molecule has 6 heteroatoms. The molecule has 0 amide bonds. The predicted molar refractivity (Wildman–Crippen MR) is 117 cm³/mol. The minimum Gasteiger partial charge on any atom is -0.481 e. The maximum atomic E-state index is 10.5. The van der Waals surface area contributed by atoms with E-state index in [1.54, 1.807) is 11.3 Å². The molecule has 0 fully saturated rings. The zero-order valence-electron chi connectivity index (χ0n) is 16.3. The van der Waals surface area contributed by atoms with Gasteiger partial charge in [0.2, 0.25) is 0 Å². The smallest absolute Gasteiger partial charge is 0.304 e. The summed E-state index contributed by atoms with van der Waals surface area (Å²) in [6.45, 7) is 3.47. The summed E-state index contributed by atoms with van der Waals surface area (Å²) >= 11 is 1.67. The molecule has 0 aliphatic heterocycles. The van der Waals surface area contributed by atoms with Gasteiger partial charge in [0.05, 0.1) is 12.1 Å². The number of rotatable bonds is 10. The summed E-state index contributed by atoms with van der Waals surface area (Å²) in [5.74, 6) is -0.793. The number of carboxylic acid groups (broad SMARTS) is 1. The van der Waals surface area contributed by atoms with Crippen LogP contribution < -0.4 is 5.32 Å². The summed E-state index contributed by atoms with van der Waals surface area (Å²) in [7, 11) is 0. The maximum absolute atomic E-state index is 10.5. The van der Waals surface area contributed by atoms with Crippen molar-refractivity contribution in [2.75, 3.05) is 6.54 Å². The zero-order chi connectivity index (χ0) is 20.5. The Morgan fingerprint density at radius 2 is 1.86 bits per heavy atom. The van der Waals surface area contributed by atoms with Gasteiger partial charge in [-0.3, -0.25) is 4.79 Å². The molecule has 0 unspecified atom stereocenters. The Hall–Kier alpha value is -2.96. The summed E-state index contributed by atoms with van der Waals surface area (Å²) < 4.78 is 0. The van der Waals surface area contributed by atoms with Crippen molar-refractivity contribution < 1.29 is 14.7 Å². The third-order valence-corrected chi connectivity index (χ3v) is 5.30. The van der Waals surface area contributed by atoms with Crippen LogP contribution in [0.25, 0.3) is 11.1 Å². The topological polar surface area (TPSA) is 70.9 Å². The number of oxime groups is 1. The second kappa shape index (κ2) is 10.5. The van der Waals surface area contributed by atoms with E-state index in [0.717, 1.165) is 21.7 Å². The summed E-state index contributed by atoms with van der Waals surface area (Å²) in [6.07, 6.45) is 0.123. The first kappa shape index (κ1) is 20.8. The van der Waals surface area contributed by atoms with Crippen molar-refractivity contribution in [2.24, 2.45) is 5.16 Å². The van der Waals surface area contributed by atoms with Crippen LogP contribution in [0.15, 0.2) is 71.2 Å². The number of carboxylic acids is 1. The number of hydrogen-bond acceptors (Lipinski definition) is 5. The first-order valence-electron chi connectivity index (χ1n) is 9.43. The van der Waals surface area contributed by atoms with Crippen LogP contribution in [-0.4, -0.2) is 23.3 Å². The van der Waals surface area contributed by atoms with E-state index in [1.165, 1.54) is 11.1 Å². The molecule has 0 saturated carbocycles. The highest BCUT2D eigenvalue weighted by Gasteiger charge is 2.04. The van der Waals surface area contributed by atoms with Gasteiger partial charge in [-0.1, -0.05) is 59.8 Å². The second-order valence-corrected chi connectivity index (χ2v) is 7.63. The molecule has 3 rings (SSSR count). The molecule has 0 radical (unpaired) electrons. The number of carbonyl (C=O) groups is 1. The minimum absolute atomic E-state index is 0.123. The molecule has 3 aromatic rings. The molecular formula is C23H24N2O3S. The van der Waals surface area contributed by atoms with Gasteiger partial charge >= 0.3 is 5.97 Å². The molecule has 5 nitrogen and oxygen atoms in total. The minimum atomic E-state index is -0.793. The average molecular weight is 409 g/mol. The Morgan fingerprint density at radius 3 is 2.59 bits per heavy atom. The highest BCUT2D eigenvalue weighted by atomic mass is 32.1. The fraction of sp³-hybridized carbons (Fsp3) is 0.217. The monoisotopic (exact) mass is 408 g/mol. The predicted octanol–water partition coefficient (Wildman–Crippen LogP) is 4.92. The molecule has 0 spiro atoms. The highest BCUT2D eigenvalue weighted by molar-refractivity contribution is 7.10. The molecule has 1 aromatic heterocycles. The summed E-state index contributed by atoms with van der Waals surface area (Å²) in [5.41, 5.74) is 5.31. The van der Waals surface area contributed by atoms with Crippen LogP contribution in [0.1, 0.15) is 29.3 Å². The molecule has 0 aliphatic carbocycles. The van der Waals surface area contributed by atoms with Gasteiger partial charge in [-0.05, 0) is 40.6 Å². The number of hydrogen-bond donors (Lipinski definition) is 2. The van der Waals surface area contributed by atoms with Gasteiger partial charge in [0.15, 0.2) is 6.61 Å². The van der Waals surface area contributed by atoms with E-state index < -0.39 is 5.97 Å². The van der Waals surface area contributed by atoms with E-state index in [9.17, 15) is 4.79 Å². The van der Waals surface area contributed by atoms with Crippen LogP contribution in [0.5, 0.6) is 0 Å². The third kappa shape index (κ3) is 6.55. The molecule has 29 heavy (non-hydrogen) atoms. The Balaban J connectivity index is 1.48. The van der Waals surface area contributed by atoms with Gasteiger partial charge in [0.25, 0.3) is 0 Å². The summed E-state index contributed by atoms with van der Waals surface area (Å²) in [5, 5.41) is 18.1. The Kier molecular flexibility index (Phi) is 7.55. The largest absolute Gasteiger partial charge is 0.481 e. The van der Waals surface area contributed by atoms with Crippen LogP contribution in [-0.2, 0) is 22.8 Å². The Morgan fingerprint density at radius 1 is 1.10 bits per heavy atom. The molecule has 0 saturated heterocycles. The zero-order valence-corrected chi connectivity index (χ0v) is 17.1. The van der Waals surface area contributed by atoms with E-state index in [1.807, 2.05) is 49.4 Å². The normalized spacial score (nSPS) is 11.4. The Labute approximate surface area is 174 Å². The molecule has 1 heterocycles. The van der Waals surface area contributed by atoms with Crippen LogP contribution in [0.3, 0.4) is 0 Å². The molecule has 150 valence electrons. The van der Waals surface area contributed by atoms with Crippen molar-refractivity contribution in [3.8, 4) is 11.1 Å². The first-order valence-corrected chi connectivity index (χ1v) is 10.3. The van der Waals surface area contributed by atoms with Gasteiger partial charge < -0.3 is 15.3 Å². The number of thiophene rings is 1. The first-order chi connectivity index (χ1) is 14.1. The lowest BCUT2D eigenvalue weighted by atomic mass is 10.1. The second-order valence-electron chi connectivity index (χ2n) is 6.64. The fourth-order valence-electron chi connectivity index (χ4n) is 2.78. The lowest BCUT2D eigenvalue weighted by molar-refractivity contribution is -0.136. The SMILES string of the molecule is C/C(=N/OCc1cc(-c2ccccc2)cs1)c1ccc(CNCCC(=O)O)cc1. The molecule has 2 N–H and O–H groups in total. The fourth-order valence-corrected chi connectivity index (χ4v) is 3.57. The van der Waals surface area contributed by atoms with E-state index in [-0.39, 0.29) is 6.42 Å². The summed E-state index contributed by atoms with van der Waals surface area (Å²) in [6, 6.07) is 20.4. The van der Waals surface area contributed by atoms with Crippen molar-refractivity contribution in [1.29, 1.82) is 0 Å². The quantitative estimate of drug-likeness (QED) is 0.284. The molecule has 0 aliphatic rings. The number of nitrogens with zero attached hydrogens (tertiary/aromatic N) is 1. The van der Waals surface area contributed by atoms with E-state index >= 15 is 0 Å². The summed E-state index contributed by atoms with van der Waals surface area (Å²) in [4.78, 5) is 17.2. The van der Waals surface area contributed by atoms with Gasteiger partial charge in [0.1, 0.15) is 0 Å². The van der Waals surface area contributed by atoms with Crippen LogP contribution in [0.2, 0.25) is 0 Å². The highest BCUT2D eigenvalue weighted by Crippen LogP contribution is 2.25. The lowest BCUT2D eigenvalue weighted by Crippen LogP contribution is -2.17. The van der Waals surface area contributed by atoms with E-state index in [2.05, 4.69) is 34.1 Å². The van der Waals surface area contributed by atoms with Crippen LogP contribution >= 0.6 is 11.3 Å². The average Bonchev–Trinajstić information content (AvgIpc) is 3.21. The lowest BCUT2D eigenvalue weighted by Gasteiger charge is -2.05. The van der Waals surface area contributed by atoms with Crippen molar-refractivity contribution in [3.63, 3.8) is 0 Å². The molecule has 0 atom stereocenters. The number of aliphatic carboxylic acids is 1. The maximum Gasteiger partial charge on any atom is 0.304 e. The van der Waals surface area contributed by atoms with Crippen molar-refractivity contribution in [3.05, 3.63) is 82.0 Å². The Bertz CT molecular complexity index is 950. The number of nitrogens with one attached hydrogen (secondary N) is 1. The van der Waals surface area contributed by atoms with Gasteiger partial charge in [-0.15, -0.1) is 11.3 Å². The molecule has 2 aromatic carbocycles. The third-order valence-electron chi connectivity index (χ3n) is 4.39. The van der Waals surface area contributed by atoms with Gasteiger partial charge in [-0.25, -0.2) is 0 Å². The van der Waals surface area contributed by atoms with Gasteiger partial charge in [-0.2, -0.15) is 0 Å². The standard InChI is InChI=1S/C23H24N2O3S/c1-17(19-9-7-18(8-10-19)14-24-12-11-23(26)27)25-28-15-22-13-21(16-29-22)20-5-3-2-4-6-20/h2-10,13,16,24H,11-12,14-15H2,1H3,(H,26,27)/b25-17-. The van der Waals surface area contributed by atoms with E-state index in [0.29, 0.717) is 19.7 Å². The van der Waals surface area contributed by atoms with E-state index in [4.69, 9.17) is 9.94 Å². The van der Waals surface area contributed by atoms with Crippen LogP contribution in [0.4, 0.5) is 0 Å². The number of benzene rings is 2. The van der Waals surface area contributed by atoms with Crippen LogP contribution in [0, 0.1) is 0 Å². The molecular weight excluding hydrogens is 384 g/mol. The van der Waals surface area contributed by atoms with Crippen molar-refractivity contribution in [1.82, 2.24) is 5.32 Å². The van der Waals surface area contributed by atoms with Crippen molar-refractivity contribution >= 4 is 23.0 Å². The van der Waals surface area contributed by atoms with Crippen molar-refractivity contribution in [2.45, 2.75) is 26.5 Å². The molecule has 0 bridgehead atoms. The van der Waals surface area contributed by atoms with Gasteiger partial charge in [0, 0.05) is 18.0 Å².